The molecule has 0 aliphatic carbocycles. The lowest BCUT2D eigenvalue weighted by molar-refractivity contribution is 0.215. The van der Waals surface area contributed by atoms with Crippen LogP contribution >= 0.6 is 0 Å². The van der Waals surface area contributed by atoms with Gasteiger partial charge in [0.25, 0.3) is 0 Å². The lowest BCUT2D eigenvalue weighted by Gasteiger charge is -2.06. The molecule has 0 aromatic rings. The van der Waals surface area contributed by atoms with Crippen LogP contribution in [-0.4, -0.2) is 22.7 Å². The SMILES string of the molecule is CCO[SiH](N)OCC. The number of hydrogen-bond donors (Lipinski definition) is 1. The molecule has 0 heterocycles. The van der Waals surface area contributed by atoms with Crippen molar-refractivity contribution in [3.63, 3.8) is 0 Å². The summed E-state index contributed by atoms with van der Waals surface area (Å²) in [7, 11) is -1.70. The van der Waals surface area contributed by atoms with Gasteiger partial charge in [0.15, 0.2) is 0 Å². The van der Waals surface area contributed by atoms with Crippen LogP contribution in [0.5, 0.6) is 0 Å². The van der Waals surface area contributed by atoms with E-state index in [2.05, 4.69) is 0 Å². The van der Waals surface area contributed by atoms with E-state index in [4.69, 9.17) is 14.3 Å². The molecule has 0 radical (unpaired) electrons. The summed E-state index contributed by atoms with van der Waals surface area (Å²) in [6.07, 6.45) is 0. The Hall–Kier alpha value is 0.0969. The molecule has 0 amide bonds. The number of rotatable bonds is 4. The molecule has 0 aliphatic heterocycles. The predicted octanol–water partition coefficient (Wildman–Crippen LogP) is -0.265. The van der Waals surface area contributed by atoms with Crippen LogP contribution in [0.2, 0.25) is 0 Å². The van der Waals surface area contributed by atoms with Crippen LogP contribution in [0, 0.1) is 0 Å². The Morgan fingerprint density at radius 1 is 1.25 bits per heavy atom. The van der Waals surface area contributed by atoms with Crippen molar-refractivity contribution in [3.05, 3.63) is 0 Å². The molecule has 0 rings (SSSR count). The van der Waals surface area contributed by atoms with Gasteiger partial charge in [-0.3, -0.25) is 0 Å². The van der Waals surface area contributed by atoms with Crippen LogP contribution in [0.3, 0.4) is 0 Å². The molecule has 0 aromatic heterocycles. The molecule has 0 saturated heterocycles. The minimum atomic E-state index is -1.70. The van der Waals surface area contributed by atoms with Gasteiger partial charge in [-0.2, -0.15) is 0 Å². The Labute approximate surface area is 51.7 Å². The maximum Gasteiger partial charge on any atom is 0.405 e. The second-order valence-electron chi connectivity index (χ2n) is 1.28. The third-order valence-electron chi connectivity index (χ3n) is 0.662. The van der Waals surface area contributed by atoms with Crippen LogP contribution in [0.4, 0.5) is 0 Å². The van der Waals surface area contributed by atoms with Gasteiger partial charge in [-0.15, -0.1) is 0 Å². The summed E-state index contributed by atoms with van der Waals surface area (Å²) in [5, 5.41) is 5.39. The van der Waals surface area contributed by atoms with E-state index >= 15 is 0 Å². The molecule has 0 bridgehead atoms. The molecule has 3 nitrogen and oxygen atoms in total. The minimum absolute atomic E-state index is 0.660. The Balaban J connectivity index is 2.92. The molecule has 50 valence electrons. The van der Waals surface area contributed by atoms with E-state index in [9.17, 15) is 0 Å². The quantitative estimate of drug-likeness (QED) is 0.540. The largest absolute Gasteiger partial charge is 0.405 e. The maximum atomic E-state index is 5.39. The second-order valence-corrected chi connectivity index (χ2v) is 2.68. The average Bonchev–Trinajstić information content (AvgIpc) is 1.68. The highest BCUT2D eigenvalue weighted by atomic mass is 28.3. The van der Waals surface area contributed by atoms with Gasteiger partial charge in [0, 0.05) is 13.2 Å². The average molecular weight is 135 g/mol. The molecule has 0 fully saturated rings. The first-order valence-electron chi connectivity index (χ1n) is 2.80. The van der Waals surface area contributed by atoms with Gasteiger partial charge in [0.1, 0.15) is 0 Å². The van der Waals surface area contributed by atoms with Crippen LogP contribution in [0.25, 0.3) is 0 Å². The number of hydrogen-bond acceptors (Lipinski definition) is 3. The summed E-state index contributed by atoms with van der Waals surface area (Å²) in [6.45, 7) is 5.14. The summed E-state index contributed by atoms with van der Waals surface area (Å²) < 4.78 is 9.95. The van der Waals surface area contributed by atoms with Crippen molar-refractivity contribution in [1.82, 2.24) is 0 Å². The van der Waals surface area contributed by atoms with E-state index < -0.39 is 9.45 Å². The predicted molar refractivity (Wildman–Crippen MR) is 34.6 cm³/mol. The van der Waals surface area contributed by atoms with Crippen molar-refractivity contribution < 1.29 is 8.85 Å². The smallest absolute Gasteiger partial charge is 0.385 e. The molecule has 0 aliphatic rings. The molecule has 8 heavy (non-hydrogen) atoms. The zero-order chi connectivity index (χ0) is 6.41. The lowest BCUT2D eigenvalue weighted by Crippen LogP contribution is -2.33. The van der Waals surface area contributed by atoms with Gasteiger partial charge in [-0.1, -0.05) is 0 Å². The van der Waals surface area contributed by atoms with Crippen molar-refractivity contribution in [2.45, 2.75) is 13.8 Å². The fourth-order valence-corrected chi connectivity index (χ4v) is 1.13. The Morgan fingerprint density at radius 2 is 1.62 bits per heavy atom. The molecule has 2 N–H and O–H groups in total. The van der Waals surface area contributed by atoms with Crippen molar-refractivity contribution in [2.24, 2.45) is 5.40 Å². The molecular formula is C4H13NO2Si. The fourth-order valence-electron chi connectivity index (χ4n) is 0.377. The summed E-state index contributed by atoms with van der Waals surface area (Å²) >= 11 is 0. The first kappa shape index (κ1) is 8.10. The third-order valence-corrected chi connectivity index (χ3v) is 1.99. The van der Waals surface area contributed by atoms with Crippen molar-refractivity contribution in [1.29, 1.82) is 0 Å². The molecule has 0 spiro atoms. The molecule has 0 aromatic carbocycles. The summed E-state index contributed by atoms with van der Waals surface area (Å²) in [4.78, 5) is 0. The van der Waals surface area contributed by atoms with E-state index in [1.165, 1.54) is 0 Å². The normalized spacial score (nSPS) is 10.5. The summed E-state index contributed by atoms with van der Waals surface area (Å²) in [6, 6.07) is 0. The van der Waals surface area contributed by atoms with E-state index in [0.717, 1.165) is 0 Å². The first-order chi connectivity index (χ1) is 3.81. The monoisotopic (exact) mass is 135 g/mol. The first-order valence-corrected chi connectivity index (χ1v) is 4.41. The van der Waals surface area contributed by atoms with Gasteiger partial charge >= 0.3 is 9.45 Å². The highest BCUT2D eigenvalue weighted by molar-refractivity contribution is 6.40. The van der Waals surface area contributed by atoms with Crippen LogP contribution in [0.1, 0.15) is 13.8 Å². The summed E-state index contributed by atoms with van der Waals surface area (Å²) in [5.74, 6) is 0. The Kier molecular flexibility index (Phi) is 5.30. The molecular weight excluding hydrogens is 122 g/mol. The van der Waals surface area contributed by atoms with E-state index in [-0.39, 0.29) is 0 Å². The zero-order valence-electron chi connectivity index (χ0n) is 5.39. The van der Waals surface area contributed by atoms with Gasteiger partial charge in [0.05, 0.1) is 0 Å². The maximum absolute atomic E-state index is 5.39. The highest BCUT2D eigenvalue weighted by Gasteiger charge is 2.01. The van der Waals surface area contributed by atoms with Gasteiger partial charge in [-0.25, -0.2) is 0 Å². The standard InChI is InChI=1S/C4H13NO2Si/c1-3-6-8(5)7-4-2/h8H,3-5H2,1-2H3. The zero-order valence-corrected chi connectivity index (χ0v) is 6.54. The van der Waals surface area contributed by atoms with Gasteiger partial charge < -0.3 is 14.3 Å². The van der Waals surface area contributed by atoms with Crippen LogP contribution in [-0.2, 0) is 8.85 Å². The Bertz CT molecular complexity index is 47.3. The van der Waals surface area contributed by atoms with Crippen molar-refractivity contribution in [3.8, 4) is 0 Å². The molecule has 4 heteroatoms. The summed E-state index contributed by atoms with van der Waals surface area (Å²) in [5.41, 5.74) is 0. The molecule has 0 saturated carbocycles. The van der Waals surface area contributed by atoms with Crippen molar-refractivity contribution >= 4 is 9.45 Å². The van der Waals surface area contributed by atoms with E-state index in [0.29, 0.717) is 13.2 Å². The van der Waals surface area contributed by atoms with Crippen molar-refractivity contribution in [2.75, 3.05) is 13.2 Å². The molecule has 0 atom stereocenters. The van der Waals surface area contributed by atoms with Crippen LogP contribution < -0.4 is 5.40 Å². The Morgan fingerprint density at radius 3 is 1.88 bits per heavy atom. The van der Waals surface area contributed by atoms with Crippen LogP contribution in [0.15, 0.2) is 0 Å². The van der Waals surface area contributed by atoms with Gasteiger partial charge in [0.2, 0.25) is 0 Å². The minimum Gasteiger partial charge on any atom is -0.385 e. The third kappa shape index (κ3) is 4.26. The topological polar surface area (TPSA) is 44.5 Å². The number of nitrogens with two attached hydrogens (primary N) is 1. The fraction of sp³-hybridized carbons (Fsp3) is 1.00. The lowest BCUT2D eigenvalue weighted by atomic mass is 10.9. The molecule has 0 unspecified atom stereocenters. The van der Waals surface area contributed by atoms with Gasteiger partial charge in [-0.05, 0) is 13.8 Å². The highest BCUT2D eigenvalue weighted by Crippen LogP contribution is 1.78. The second kappa shape index (κ2) is 5.24. The van der Waals surface area contributed by atoms with E-state index in [1.54, 1.807) is 0 Å². The van der Waals surface area contributed by atoms with E-state index in [1.807, 2.05) is 13.8 Å².